The summed E-state index contributed by atoms with van der Waals surface area (Å²) in [6.45, 7) is 5.70. The molecule has 0 aromatic heterocycles. The summed E-state index contributed by atoms with van der Waals surface area (Å²) in [6.07, 6.45) is 0.835. The average molecular weight is 359 g/mol. The van der Waals surface area contributed by atoms with Crippen molar-refractivity contribution in [1.82, 2.24) is 10.7 Å². The first-order valence-corrected chi connectivity index (χ1v) is 7.84. The summed E-state index contributed by atoms with van der Waals surface area (Å²) in [5, 5.41) is 18.4. The van der Waals surface area contributed by atoms with Gasteiger partial charge in [0, 0.05) is 31.4 Å². The third-order valence-electron chi connectivity index (χ3n) is 2.84. The van der Waals surface area contributed by atoms with E-state index >= 15 is 0 Å². The molecule has 7 nitrogen and oxygen atoms in total. The lowest BCUT2D eigenvalue weighted by atomic mass is 10.1. The van der Waals surface area contributed by atoms with Crippen molar-refractivity contribution in [3.8, 4) is 0 Å². The van der Waals surface area contributed by atoms with Gasteiger partial charge in [-0.25, -0.2) is 0 Å². The van der Waals surface area contributed by atoms with Gasteiger partial charge >= 0.3 is 0 Å². The van der Waals surface area contributed by atoms with Gasteiger partial charge in [0.25, 0.3) is 5.69 Å². The van der Waals surface area contributed by atoms with Gasteiger partial charge in [-0.05, 0) is 38.6 Å². The average Bonchev–Trinajstić information content (AvgIpc) is 2.52. The summed E-state index contributed by atoms with van der Waals surface area (Å²) in [5.41, 5.74) is 3.69. The lowest BCUT2D eigenvalue weighted by Crippen LogP contribution is -2.33. The SMILES string of the molecule is CCOCCCNC(=S)N/N=C(/C)c1ccc(Cl)c([N+](=O)[O-])c1. The molecule has 0 unspecified atom stereocenters. The molecule has 1 rings (SSSR count). The topological polar surface area (TPSA) is 88.8 Å². The zero-order valence-corrected chi connectivity index (χ0v) is 14.5. The highest BCUT2D eigenvalue weighted by atomic mass is 35.5. The van der Waals surface area contributed by atoms with E-state index in [0.29, 0.717) is 36.1 Å². The van der Waals surface area contributed by atoms with Crippen molar-refractivity contribution >= 4 is 40.3 Å². The fourth-order valence-corrected chi connectivity index (χ4v) is 1.97. The van der Waals surface area contributed by atoms with Gasteiger partial charge < -0.3 is 10.1 Å². The number of hydrogen-bond donors (Lipinski definition) is 2. The van der Waals surface area contributed by atoms with Gasteiger partial charge in [-0.3, -0.25) is 15.5 Å². The molecule has 126 valence electrons. The Kier molecular flexibility index (Phi) is 8.46. The van der Waals surface area contributed by atoms with Crippen molar-refractivity contribution in [3.05, 3.63) is 38.9 Å². The van der Waals surface area contributed by atoms with Gasteiger partial charge in [0.2, 0.25) is 0 Å². The Hall–Kier alpha value is -1.77. The Morgan fingerprint density at radius 1 is 1.52 bits per heavy atom. The number of benzene rings is 1. The summed E-state index contributed by atoms with van der Waals surface area (Å²) in [5.74, 6) is 0. The fourth-order valence-electron chi connectivity index (χ4n) is 1.64. The van der Waals surface area contributed by atoms with E-state index in [9.17, 15) is 10.1 Å². The maximum Gasteiger partial charge on any atom is 0.288 e. The van der Waals surface area contributed by atoms with Gasteiger partial charge in [-0.1, -0.05) is 17.7 Å². The molecular weight excluding hydrogens is 340 g/mol. The van der Waals surface area contributed by atoms with E-state index in [1.807, 2.05) is 6.92 Å². The second-order valence-corrected chi connectivity index (χ2v) is 5.35. The minimum Gasteiger partial charge on any atom is -0.382 e. The summed E-state index contributed by atoms with van der Waals surface area (Å²) in [4.78, 5) is 10.3. The fraction of sp³-hybridized carbons (Fsp3) is 0.429. The Bertz CT molecular complexity index is 595. The molecule has 0 spiro atoms. The molecule has 9 heteroatoms. The molecule has 0 aliphatic rings. The number of hydrazone groups is 1. The van der Waals surface area contributed by atoms with Crippen LogP contribution in [0.5, 0.6) is 0 Å². The van der Waals surface area contributed by atoms with Crippen LogP contribution < -0.4 is 10.7 Å². The van der Waals surface area contributed by atoms with Crippen molar-refractivity contribution in [2.75, 3.05) is 19.8 Å². The molecule has 2 N–H and O–H groups in total. The molecular formula is C14H19ClN4O3S. The Morgan fingerprint density at radius 3 is 2.91 bits per heavy atom. The standard InChI is InChI=1S/C14H19ClN4O3S/c1-3-22-8-4-7-16-14(23)18-17-10(2)11-5-6-12(15)13(9-11)19(20)21/h5-6,9H,3-4,7-8H2,1-2H3,(H2,16,18,23)/b17-10-. The molecule has 23 heavy (non-hydrogen) atoms. The summed E-state index contributed by atoms with van der Waals surface area (Å²) in [7, 11) is 0. The Balaban J connectivity index is 2.55. The predicted molar refractivity (Wildman–Crippen MR) is 95.2 cm³/mol. The molecule has 0 bridgehead atoms. The third-order valence-corrected chi connectivity index (χ3v) is 3.40. The number of nitrogens with zero attached hydrogens (tertiary/aromatic N) is 2. The van der Waals surface area contributed by atoms with E-state index in [-0.39, 0.29) is 10.7 Å². The van der Waals surface area contributed by atoms with Crippen molar-refractivity contribution in [2.45, 2.75) is 20.3 Å². The first kappa shape index (κ1) is 19.3. The number of rotatable bonds is 8. The molecule has 0 radical (unpaired) electrons. The van der Waals surface area contributed by atoms with Crippen molar-refractivity contribution < 1.29 is 9.66 Å². The van der Waals surface area contributed by atoms with E-state index in [4.69, 9.17) is 28.6 Å². The van der Waals surface area contributed by atoms with Crippen molar-refractivity contribution in [2.24, 2.45) is 5.10 Å². The molecule has 0 atom stereocenters. The maximum atomic E-state index is 10.9. The smallest absolute Gasteiger partial charge is 0.288 e. The van der Waals surface area contributed by atoms with Gasteiger partial charge in [0.1, 0.15) is 5.02 Å². The normalized spacial score (nSPS) is 11.2. The zero-order chi connectivity index (χ0) is 17.2. The Labute approximate surface area is 145 Å². The number of nitro groups is 1. The second-order valence-electron chi connectivity index (χ2n) is 4.54. The molecule has 1 aromatic carbocycles. The van der Waals surface area contributed by atoms with Crippen LogP contribution in [0, 0.1) is 10.1 Å². The van der Waals surface area contributed by atoms with E-state index in [1.54, 1.807) is 13.0 Å². The summed E-state index contributed by atoms with van der Waals surface area (Å²) in [6, 6.07) is 4.51. The zero-order valence-electron chi connectivity index (χ0n) is 13.0. The minimum absolute atomic E-state index is 0.0889. The van der Waals surface area contributed by atoms with E-state index in [0.717, 1.165) is 6.42 Å². The van der Waals surface area contributed by atoms with Gasteiger partial charge in [0.15, 0.2) is 5.11 Å². The number of halogens is 1. The quantitative estimate of drug-likeness (QED) is 0.244. The number of thiocarbonyl (C=S) groups is 1. The van der Waals surface area contributed by atoms with Crippen LogP contribution in [0.25, 0.3) is 0 Å². The van der Waals surface area contributed by atoms with Gasteiger partial charge in [-0.2, -0.15) is 5.10 Å². The van der Waals surface area contributed by atoms with Crippen molar-refractivity contribution in [1.29, 1.82) is 0 Å². The molecule has 0 fully saturated rings. The molecule has 0 amide bonds. The number of ether oxygens (including phenoxy) is 1. The Morgan fingerprint density at radius 2 is 2.26 bits per heavy atom. The molecule has 0 aliphatic heterocycles. The molecule has 0 saturated carbocycles. The van der Waals surface area contributed by atoms with E-state index in [2.05, 4.69) is 15.8 Å². The molecule has 0 heterocycles. The first-order valence-electron chi connectivity index (χ1n) is 7.06. The highest BCUT2D eigenvalue weighted by molar-refractivity contribution is 7.80. The molecule has 0 saturated heterocycles. The minimum atomic E-state index is -0.531. The molecule has 0 aliphatic carbocycles. The van der Waals surface area contributed by atoms with Crippen LogP contribution in [-0.2, 0) is 4.74 Å². The predicted octanol–water partition coefficient (Wildman–Crippen LogP) is 2.86. The number of nitrogens with one attached hydrogen (secondary N) is 2. The largest absolute Gasteiger partial charge is 0.382 e. The van der Waals surface area contributed by atoms with Gasteiger partial charge in [0.05, 0.1) is 10.6 Å². The second kappa shape index (κ2) is 10.1. The van der Waals surface area contributed by atoms with Crippen molar-refractivity contribution in [3.63, 3.8) is 0 Å². The monoisotopic (exact) mass is 358 g/mol. The van der Waals surface area contributed by atoms with Crippen LogP contribution in [0.2, 0.25) is 5.02 Å². The number of nitro benzene ring substituents is 1. The van der Waals surface area contributed by atoms with E-state index in [1.165, 1.54) is 12.1 Å². The van der Waals surface area contributed by atoms with Crippen LogP contribution in [0.4, 0.5) is 5.69 Å². The third kappa shape index (κ3) is 6.89. The van der Waals surface area contributed by atoms with Crippen LogP contribution >= 0.6 is 23.8 Å². The summed E-state index contributed by atoms with van der Waals surface area (Å²) >= 11 is 10.9. The van der Waals surface area contributed by atoms with E-state index < -0.39 is 4.92 Å². The van der Waals surface area contributed by atoms with Crippen LogP contribution in [0.1, 0.15) is 25.8 Å². The number of hydrogen-bond acceptors (Lipinski definition) is 5. The highest BCUT2D eigenvalue weighted by Crippen LogP contribution is 2.25. The van der Waals surface area contributed by atoms with Crippen LogP contribution in [0.15, 0.2) is 23.3 Å². The van der Waals surface area contributed by atoms with Crippen LogP contribution in [0.3, 0.4) is 0 Å². The summed E-state index contributed by atoms with van der Waals surface area (Å²) < 4.78 is 5.21. The highest BCUT2D eigenvalue weighted by Gasteiger charge is 2.13. The first-order chi connectivity index (χ1) is 11.0. The van der Waals surface area contributed by atoms with Gasteiger partial charge in [-0.15, -0.1) is 0 Å². The van der Waals surface area contributed by atoms with Crippen LogP contribution in [-0.4, -0.2) is 35.5 Å². The lowest BCUT2D eigenvalue weighted by Gasteiger charge is -2.08. The molecule has 1 aromatic rings. The maximum absolute atomic E-state index is 10.9. The lowest BCUT2D eigenvalue weighted by molar-refractivity contribution is -0.384.